The molecule has 1 aliphatic carbocycles. The van der Waals surface area contributed by atoms with Crippen LogP contribution in [0.3, 0.4) is 0 Å². The van der Waals surface area contributed by atoms with Gasteiger partial charge in [-0.1, -0.05) is 26.2 Å². The Balaban J connectivity index is 2.34. The molecular formula is C8H18N2. The third-order valence-corrected chi connectivity index (χ3v) is 2.65. The normalized spacial score (nSPS) is 34.2. The van der Waals surface area contributed by atoms with E-state index in [1.54, 1.807) is 0 Å². The van der Waals surface area contributed by atoms with Crippen LogP contribution in [0, 0.1) is 5.92 Å². The Morgan fingerprint density at radius 1 is 1.40 bits per heavy atom. The van der Waals surface area contributed by atoms with Gasteiger partial charge in [-0.3, -0.25) is 11.3 Å². The second kappa shape index (κ2) is 3.94. The maximum Gasteiger partial charge on any atom is 0.0238 e. The summed E-state index contributed by atoms with van der Waals surface area (Å²) in [5, 5.41) is 0. The Morgan fingerprint density at radius 3 is 2.60 bits per heavy atom. The molecule has 10 heavy (non-hydrogen) atoms. The van der Waals surface area contributed by atoms with Crippen molar-refractivity contribution in [3.05, 3.63) is 0 Å². The lowest BCUT2D eigenvalue weighted by molar-refractivity contribution is 0.258. The fourth-order valence-corrected chi connectivity index (χ4v) is 1.92. The molecule has 0 aliphatic heterocycles. The second-order valence-electron chi connectivity index (χ2n) is 3.23. The van der Waals surface area contributed by atoms with Gasteiger partial charge in [0.15, 0.2) is 0 Å². The lowest BCUT2D eigenvalue weighted by Gasteiger charge is -2.29. The highest BCUT2D eigenvalue weighted by Gasteiger charge is 2.21. The van der Waals surface area contributed by atoms with Crippen LogP contribution in [0.5, 0.6) is 0 Å². The van der Waals surface area contributed by atoms with E-state index in [9.17, 15) is 0 Å². The average molecular weight is 142 g/mol. The smallest absolute Gasteiger partial charge is 0.0238 e. The molecule has 0 amide bonds. The van der Waals surface area contributed by atoms with Crippen molar-refractivity contribution in [2.24, 2.45) is 11.8 Å². The molecule has 3 N–H and O–H groups in total. The van der Waals surface area contributed by atoms with E-state index in [0.717, 1.165) is 5.92 Å². The van der Waals surface area contributed by atoms with E-state index >= 15 is 0 Å². The molecule has 0 heterocycles. The van der Waals surface area contributed by atoms with Gasteiger partial charge in [0.1, 0.15) is 0 Å². The van der Waals surface area contributed by atoms with Crippen molar-refractivity contribution in [1.29, 1.82) is 0 Å². The third-order valence-electron chi connectivity index (χ3n) is 2.65. The van der Waals surface area contributed by atoms with Crippen LogP contribution in [0.4, 0.5) is 0 Å². The van der Waals surface area contributed by atoms with Gasteiger partial charge in [-0.15, -0.1) is 0 Å². The first-order valence-corrected chi connectivity index (χ1v) is 4.34. The van der Waals surface area contributed by atoms with Crippen LogP contribution in [0.1, 0.15) is 39.0 Å². The van der Waals surface area contributed by atoms with Gasteiger partial charge in [-0.25, -0.2) is 0 Å². The van der Waals surface area contributed by atoms with Crippen molar-refractivity contribution >= 4 is 0 Å². The molecule has 1 fully saturated rings. The minimum atomic E-state index is 0.596. The van der Waals surface area contributed by atoms with E-state index in [0.29, 0.717) is 6.04 Å². The van der Waals surface area contributed by atoms with Crippen molar-refractivity contribution < 1.29 is 0 Å². The zero-order valence-electron chi connectivity index (χ0n) is 6.77. The molecule has 60 valence electrons. The van der Waals surface area contributed by atoms with Gasteiger partial charge >= 0.3 is 0 Å². The highest BCUT2D eigenvalue weighted by Crippen LogP contribution is 2.25. The summed E-state index contributed by atoms with van der Waals surface area (Å²) >= 11 is 0. The van der Waals surface area contributed by atoms with E-state index in [2.05, 4.69) is 12.3 Å². The molecule has 0 aromatic rings. The van der Waals surface area contributed by atoms with Crippen molar-refractivity contribution in [3.63, 3.8) is 0 Å². The molecular weight excluding hydrogens is 124 g/mol. The Morgan fingerprint density at radius 2 is 2.10 bits per heavy atom. The Hall–Kier alpha value is -0.0800. The molecule has 0 radical (unpaired) electrons. The topological polar surface area (TPSA) is 38.0 Å². The summed E-state index contributed by atoms with van der Waals surface area (Å²) in [5.41, 5.74) is 2.90. The molecule has 1 saturated carbocycles. The van der Waals surface area contributed by atoms with Gasteiger partial charge in [0.25, 0.3) is 0 Å². The molecule has 2 nitrogen and oxygen atoms in total. The average Bonchev–Trinajstić information content (AvgIpc) is 2.04. The van der Waals surface area contributed by atoms with Crippen molar-refractivity contribution in [2.45, 2.75) is 45.1 Å². The summed E-state index contributed by atoms with van der Waals surface area (Å²) in [6.45, 7) is 2.25. The van der Waals surface area contributed by atoms with Crippen LogP contribution in [0.25, 0.3) is 0 Å². The molecule has 0 unspecified atom stereocenters. The predicted octanol–water partition coefficient (Wildman–Crippen LogP) is 1.42. The number of hydrogen-bond acceptors (Lipinski definition) is 2. The summed E-state index contributed by atoms with van der Waals surface area (Å²) in [7, 11) is 0. The first kappa shape index (κ1) is 8.02. The van der Waals surface area contributed by atoms with Gasteiger partial charge in [0.2, 0.25) is 0 Å². The van der Waals surface area contributed by atoms with Gasteiger partial charge in [-0.05, 0) is 18.8 Å². The van der Waals surface area contributed by atoms with Crippen LogP contribution >= 0.6 is 0 Å². The van der Waals surface area contributed by atoms with E-state index in [4.69, 9.17) is 5.84 Å². The van der Waals surface area contributed by atoms with Crippen LogP contribution in [0.15, 0.2) is 0 Å². The maximum absolute atomic E-state index is 5.42. The summed E-state index contributed by atoms with van der Waals surface area (Å²) in [6.07, 6.45) is 6.66. The summed E-state index contributed by atoms with van der Waals surface area (Å²) in [4.78, 5) is 0. The highest BCUT2D eigenvalue weighted by atomic mass is 15.2. The zero-order valence-corrected chi connectivity index (χ0v) is 6.77. The molecule has 2 atom stereocenters. The zero-order chi connectivity index (χ0) is 7.40. The van der Waals surface area contributed by atoms with Gasteiger partial charge < -0.3 is 0 Å². The summed E-state index contributed by atoms with van der Waals surface area (Å²) in [6, 6.07) is 0.596. The number of hydrogen-bond donors (Lipinski definition) is 2. The fourth-order valence-electron chi connectivity index (χ4n) is 1.92. The molecule has 1 rings (SSSR count). The fraction of sp³-hybridized carbons (Fsp3) is 1.00. The molecule has 0 aromatic heterocycles. The predicted molar refractivity (Wildman–Crippen MR) is 43.4 cm³/mol. The van der Waals surface area contributed by atoms with Crippen molar-refractivity contribution in [3.8, 4) is 0 Å². The van der Waals surface area contributed by atoms with Crippen LogP contribution in [-0.2, 0) is 0 Å². The first-order chi connectivity index (χ1) is 4.88. The number of rotatable bonds is 2. The lowest BCUT2D eigenvalue weighted by Crippen LogP contribution is -2.42. The Labute approximate surface area is 63.1 Å². The quantitative estimate of drug-likeness (QED) is 0.452. The monoisotopic (exact) mass is 142 g/mol. The lowest BCUT2D eigenvalue weighted by atomic mass is 9.83. The van der Waals surface area contributed by atoms with E-state index in [-0.39, 0.29) is 0 Å². The molecule has 0 aromatic carbocycles. The minimum Gasteiger partial charge on any atom is -0.271 e. The van der Waals surface area contributed by atoms with Crippen LogP contribution in [-0.4, -0.2) is 6.04 Å². The van der Waals surface area contributed by atoms with Gasteiger partial charge in [-0.2, -0.15) is 0 Å². The van der Waals surface area contributed by atoms with Crippen molar-refractivity contribution in [1.82, 2.24) is 5.43 Å². The maximum atomic E-state index is 5.42. The standard InChI is InChI=1S/C8H18N2/c1-2-7-5-3-4-6-8(7)10-9/h7-8,10H,2-6,9H2,1H3/t7-,8+/m1/s1. The molecule has 0 bridgehead atoms. The number of hydrazine groups is 1. The van der Waals surface area contributed by atoms with Crippen molar-refractivity contribution in [2.75, 3.05) is 0 Å². The first-order valence-electron chi connectivity index (χ1n) is 4.34. The third kappa shape index (κ3) is 1.70. The molecule has 0 saturated heterocycles. The SMILES string of the molecule is CC[C@@H]1CCCC[C@@H]1NN. The highest BCUT2D eigenvalue weighted by molar-refractivity contribution is 4.77. The Kier molecular flexibility index (Phi) is 3.16. The molecule has 2 heteroatoms. The molecule has 0 spiro atoms. The van der Waals surface area contributed by atoms with Gasteiger partial charge in [0.05, 0.1) is 0 Å². The van der Waals surface area contributed by atoms with Crippen LogP contribution < -0.4 is 11.3 Å². The second-order valence-corrected chi connectivity index (χ2v) is 3.23. The summed E-state index contributed by atoms with van der Waals surface area (Å²) in [5.74, 6) is 6.25. The van der Waals surface area contributed by atoms with Gasteiger partial charge in [0, 0.05) is 6.04 Å². The van der Waals surface area contributed by atoms with E-state index in [1.165, 1.54) is 32.1 Å². The summed E-state index contributed by atoms with van der Waals surface area (Å²) < 4.78 is 0. The van der Waals surface area contributed by atoms with E-state index < -0.39 is 0 Å². The number of nitrogens with two attached hydrogens (primary N) is 1. The largest absolute Gasteiger partial charge is 0.271 e. The Bertz CT molecular complexity index is 81.3. The molecule has 1 aliphatic rings. The van der Waals surface area contributed by atoms with E-state index in [1.807, 2.05) is 0 Å². The van der Waals surface area contributed by atoms with Crippen LogP contribution in [0.2, 0.25) is 0 Å². The minimum absolute atomic E-state index is 0.596. The number of nitrogens with one attached hydrogen (secondary N) is 1.